The maximum absolute atomic E-state index is 5.55. The van der Waals surface area contributed by atoms with E-state index in [9.17, 15) is 0 Å². The van der Waals surface area contributed by atoms with Gasteiger partial charge in [-0.25, -0.2) is 0 Å². The molecule has 0 atom stereocenters. The third-order valence-corrected chi connectivity index (χ3v) is 2.90. The highest BCUT2D eigenvalue weighted by Gasteiger charge is 2.04. The first-order valence-electron chi connectivity index (χ1n) is 5.18. The molecule has 1 heterocycles. The van der Waals surface area contributed by atoms with Crippen LogP contribution in [0.4, 0.5) is 17.6 Å². The summed E-state index contributed by atoms with van der Waals surface area (Å²) in [7, 11) is 1.48. The Hall–Kier alpha value is -2.02. The average Bonchev–Trinajstić information content (AvgIpc) is 2.39. The lowest BCUT2D eigenvalue weighted by Crippen LogP contribution is -2.05. The highest BCUT2D eigenvalue weighted by Crippen LogP contribution is 2.20. The Morgan fingerprint density at radius 3 is 2.50 bits per heavy atom. The van der Waals surface area contributed by atoms with Crippen LogP contribution < -0.4 is 15.8 Å². The Labute approximate surface area is 109 Å². The zero-order valence-corrected chi connectivity index (χ0v) is 10.9. The largest absolute Gasteiger partial charge is 0.467 e. The third kappa shape index (κ3) is 3.01. The molecule has 1 aromatic heterocycles. The summed E-state index contributed by atoms with van der Waals surface area (Å²) in [4.78, 5) is 13.0. The molecule has 0 aliphatic rings. The van der Waals surface area contributed by atoms with Crippen LogP contribution in [0.5, 0.6) is 6.01 Å². The van der Waals surface area contributed by atoms with Gasteiger partial charge in [0.05, 0.1) is 7.11 Å². The molecule has 6 nitrogen and oxygen atoms in total. The quantitative estimate of drug-likeness (QED) is 0.815. The van der Waals surface area contributed by atoms with Crippen molar-refractivity contribution in [2.75, 3.05) is 24.4 Å². The van der Waals surface area contributed by atoms with Gasteiger partial charge in [-0.15, -0.1) is 11.8 Å². The van der Waals surface area contributed by atoms with Gasteiger partial charge in [-0.05, 0) is 30.5 Å². The Morgan fingerprint density at radius 2 is 1.89 bits per heavy atom. The minimum absolute atomic E-state index is 0.116. The van der Waals surface area contributed by atoms with Gasteiger partial charge in [-0.3, -0.25) is 0 Å². The van der Waals surface area contributed by atoms with E-state index in [2.05, 4.69) is 20.3 Å². The second kappa shape index (κ2) is 5.54. The van der Waals surface area contributed by atoms with Crippen LogP contribution in [0.3, 0.4) is 0 Å². The first-order chi connectivity index (χ1) is 8.71. The third-order valence-electron chi connectivity index (χ3n) is 2.16. The Kier molecular flexibility index (Phi) is 3.83. The van der Waals surface area contributed by atoms with Crippen molar-refractivity contribution >= 4 is 29.3 Å². The van der Waals surface area contributed by atoms with Crippen molar-refractivity contribution < 1.29 is 4.74 Å². The van der Waals surface area contributed by atoms with Gasteiger partial charge in [0.25, 0.3) is 0 Å². The number of rotatable bonds is 4. The number of methoxy groups -OCH3 is 1. The SMILES string of the molecule is COc1nc(N)nc(Nc2ccc(SC)cc2)n1. The zero-order valence-electron chi connectivity index (χ0n) is 10.0. The molecule has 0 aliphatic carbocycles. The molecule has 0 saturated heterocycles. The molecule has 0 spiro atoms. The van der Waals surface area contributed by atoms with Gasteiger partial charge in [0, 0.05) is 10.6 Å². The minimum atomic E-state index is 0.116. The number of hydrogen-bond donors (Lipinski definition) is 2. The van der Waals surface area contributed by atoms with E-state index in [1.807, 2.05) is 30.5 Å². The summed E-state index contributed by atoms with van der Waals surface area (Å²) in [6.45, 7) is 0. The number of hydrogen-bond acceptors (Lipinski definition) is 7. The maximum Gasteiger partial charge on any atom is 0.322 e. The predicted octanol–water partition coefficient (Wildman–Crippen LogP) is 1.93. The van der Waals surface area contributed by atoms with E-state index in [1.165, 1.54) is 12.0 Å². The van der Waals surface area contributed by atoms with E-state index in [0.29, 0.717) is 5.95 Å². The van der Waals surface area contributed by atoms with Gasteiger partial charge in [-0.1, -0.05) is 0 Å². The maximum atomic E-state index is 5.55. The topological polar surface area (TPSA) is 86.0 Å². The van der Waals surface area contributed by atoms with Crippen LogP contribution in [0, 0.1) is 0 Å². The fraction of sp³-hybridized carbons (Fsp3) is 0.182. The fourth-order valence-electron chi connectivity index (χ4n) is 1.32. The van der Waals surface area contributed by atoms with Crippen LogP contribution in [0.15, 0.2) is 29.2 Å². The second-order valence-corrected chi connectivity index (χ2v) is 4.24. The fourth-order valence-corrected chi connectivity index (χ4v) is 1.73. The molecule has 0 bridgehead atoms. The lowest BCUT2D eigenvalue weighted by molar-refractivity contribution is 0.380. The van der Waals surface area contributed by atoms with Gasteiger partial charge in [-0.2, -0.15) is 15.0 Å². The molecule has 94 valence electrons. The molecule has 7 heteroatoms. The van der Waals surface area contributed by atoms with Crippen molar-refractivity contribution in [3.63, 3.8) is 0 Å². The number of anilines is 3. The van der Waals surface area contributed by atoms with Gasteiger partial charge in [0.15, 0.2) is 0 Å². The lowest BCUT2D eigenvalue weighted by Gasteiger charge is -2.06. The van der Waals surface area contributed by atoms with E-state index in [1.54, 1.807) is 11.8 Å². The summed E-state index contributed by atoms with van der Waals surface area (Å²) >= 11 is 1.68. The summed E-state index contributed by atoms with van der Waals surface area (Å²) in [5.41, 5.74) is 6.42. The first-order valence-corrected chi connectivity index (χ1v) is 6.40. The van der Waals surface area contributed by atoms with Crippen molar-refractivity contribution in [2.45, 2.75) is 4.90 Å². The summed E-state index contributed by atoms with van der Waals surface area (Å²) in [6, 6.07) is 8.09. The van der Waals surface area contributed by atoms with Crippen molar-refractivity contribution in [1.29, 1.82) is 0 Å². The standard InChI is InChI=1S/C11H13N5OS/c1-17-11-15-9(12)14-10(16-11)13-7-3-5-8(18-2)6-4-7/h3-6H,1-2H3,(H3,12,13,14,15,16). The molecule has 0 aliphatic heterocycles. The minimum Gasteiger partial charge on any atom is -0.467 e. The number of ether oxygens (including phenoxy) is 1. The number of nitrogens with two attached hydrogens (primary N) is 1. The molecule has 2 aromatic rings. The summed E-state index contributed by atoms with van der Waals surface area (Å²) in [5.74, 6) is 0.473. The lowest BCUT2D eigenvalue weighted by atomic mass is 10.3. The summed E-state index contributed by atoms with van der Waals surface area (Å²) < 4.78 is 4.92. The highest BCUT2D eigenvalue weighted by molar-refractivity contribution is 7.98. The molecule has 0 fully saturated rings. The second-order valence-electron chi connectivity index (χ2n) is 3.36. The Bertz CT molecular complexity index is 531. The molecule has 0 saturated carbocycles. The van der Waals surface area contributed by atoms with Crippen molar-refractivity contribution in [3.8, 4) is 6.01 Å². The number of aromatic nitrogens is 3. The van der Waals surface area contributed by atoms with Gasteiger partial charge in [0.1, 0.15) is 0 Å². The van der Waals surface area contributed by atoms with Crippen molar-refractivity contribution in [3.05, 3.63) is 24.3 Å². The number of nitrogens with zero attached hydrogens (tertiary/aromatic N) is 3. The average molecular weight is 263 g/mol. The number of benzene rings is 1. The van der Waals surface area contributed by atoms with Crippen molar-refractivity contribution in [1.82, 2.24) is 15.0 Å². The molecular formula is C11H13N5OS. The number of nitrogen functional groups attached to an aromatic ring is 1. The Balaban J connectivity index is 2.19. The molecule has 18 heavy (non-hydrogen) atoms. The monoisotopic (exact) mass is 263 g/mol. The van der Waals surface area contributed by atoms with Crippen LogP contribution >= 0.6 is 11.8 Å². The molecule has 2 rings (SSSR count). The molecule has 0 amide bonds. The van der Waals surface area contributed by atoms with Crippen molar-refractivity contribution in [2.24, 2.45) is 0 Å². The van der Waals surface area contributed by atoms with E-state index in [0.717, 1.165) is 5.69 Å². The molecule has 3 N–H and O–H groups in total. The van der Waals surface area contributed by atoms with Gasteiger partial charge >= 0.3 is 6.01 Å². The van der Waals surface area contributed by atoms with E-state index < -0.39 is 0 Å². The summed E-state index contributed by atoms with van der Waals surface area (Å²) in [5, 5.41) is 3.04. The van der Waals surface area contributed by atoms with Crippen LogP contribution in [0.25, 0.3) is 0 Å². The first kappa shape index (κ1) is 12.4. The molecule has 1 aromatic carbocycles. The van der Waals surface area contributed by atoms with E-state index in [4.69, 9.17) is 10.5 Å². The highest BCUT2D eigenvalue weighted by atomic mass is 32.2. The van der Waals surface area contributed by atoms with Crippen LogP contribution in [-0.2, 0) is 0 Å². The van der Waals surface area contributed by atoms with Gasteiger partial charge in [0.2, 0.25) is 11.9 Å². The van der Waals surface area contributed by atoms with Crippen LogP contribution in [0.1, 0.15) is 0 Å². The molecule has 0 unspecified atom stereocenters. The van der Waals surface area contributed by atoms with E-state index in [-0.39, 0.29) is 12.0 Å². The summed E-state index contributed by atoms with van der Waals surface area (Å²) in [6.07, 6.45) is 2.03. The van der Waals surface area contributed by atoms with E-state index >= 15 is 0 Å². The Morgan fingerprint density at radius 1 is 1.17 bits per heavy atom. The van der Waals surface area contributed by atoms with Gasteiger partial charge < -0.3 is 15.8 Å². The number of nitrogens with one attached hydrogen (secondary N) is 1. The van der Waals surface area contributed by atoms with Crippen LogP contribution in [0.2, 0.25) is 0 Å². The van der Waals surface area contributed by atoms with Crippen LogP contribution in [-0.4, -0.2) is 28.3 Å². The predicted molar refractivity (Wildman–Crippen MR) is 72.3 cm³/mol. The smallest absolute Gasteiger partial charge is 0.322 e. The molecule has 0 radical (unpaired) electrons. The number of thioether (sulfide) groups is 1. The normalized spacial score (nSPS) is 10.1. The zero-order chi connectivity index (χ0) is 13.0. The molecular weight excluding hydrogens is 250 g/mol.